The molecule has 0 fully saturated rings. The van der Waals surface area contributed by atoms with Crippen molar-refractivity contribution in [2.45, 2.75) is 26.8 Å². The number of aryl methyl sites for hydroxylation is 1. The highest BCUT2D eigenvalue weighted by Gasteiger charge is 2.20. The van der Waals surface area contributed by atoms with E-state index in [2.05, 4.69) is 5.32 Å². The number of nitrogens with one attached hydrogen (secondary N) is 1. The van der Waals surface area contributed by atoms with Crippen molar-refractivity contribution in [3.8, 4) is 0 Å². The van der Waals surface area contributed by atoms with Gasteiger partial charge in [-0.3, -0.25) is 4.79 Å². The van der Waals surface area contributed by atoms with Crippen LogP contribution in [0.15, 0.2) is 18.2 Å². The molecule has 1 aromatic carbocycles. The number of halogens is 1. The smallest absolute Gasteiger partial charge is 0.253 e. The number of rotatable bonds is 4. The predicted molar refractivity (Wildman–Crippen MR) is 79.1 cm³/mol. The number of benzene rings is 1. The molecule has 18 heavy (non-hydrogen) atoms. The lowest BCUT2D eigenvalue weighted by Crippen LogP contribution is -2.46. The standard InChI is InChI=1S/C13H17ClN2OS/c1-7(2)11(12(15)18)16-13(17)9-5-4-8(3)6-10(9)14/h4-7,11H,1-3H3,(H2,15,18)(H,16,17). The lowest BCUT2D eigenvalue weighted by Gasteiger charge is -2.21. The van der Waals surface area contributed by atoms with E-state index in [1.807, 2.05) is 26.8 Å². The third kappa shape index (κ3) is 3.68. The molecule has 1 amide bonds. The quantitative estimate of drug-likeness (QED) is 0.836. The fourth-order valence-electron chi connectivity index (χ4n) is 1.59. The molecule has 0 saturated heterocycles. The molecule has 1 unspecified atom stereocenters. The molecule has 0 spiro atoms. The molecule has 1 aromatic rings. The van der Waals surface area contributed by atoms with Gasteiger partial charge in [0, 0.05) is 0 Å². The summed E-state index contributed by atoms with van der Waals surface area (Å²) in [6.45, 7) is 5.81. The van der Waals surface area contributed by atoms with Crippen LogP contribution in [0.2, 0.25) is 5.02 Å². The van der Waals surface area contributed by atoms with E-state index in [0.717, 1.165) is 5.56 Å². The van der Waals surface area contributed by atoms with Crippen molar-refractivity contribution >= 4 is 34.7 Å². The van der Waals surface area contributed by atoms with Crippen LogP contribution < -0.4 is 11.1 Å². The molecule has 0 aliphatic heterocycles. The Bertz CT molecular complexity index is 474. The van der Waals surface area contributed by atoms with Gasteiger partial charge in [-0.05, 0) is 30.5 Å². The van der Waals surface area contributed by atoms with E-state index in [0.29, 0.717) is 10.6 Å². The topological polar surface area (TPSA) is 55.1 Å². The second-order valence-corrected chi connectivity index (χ2v) is 5.46. The summed E-state index contributed by atoms with van der Waals surface area (Å²) in [5.74, 6) is -0.123. The number of hydrogen-bond donors (Lipinski definition) is 2. The van der Waals surface area contributed by atoms with E-state index in [4.69, 9.17) is 29.6 Å². The molecule has 3 nitrogen and oxygen atoms in total. The number of nitrogens with two attached hydrogens (primary N) is 1. The molecule has 1 rings (SSSR count). The molecule has 0 aliphatic rings. The van der Waals surface area contributed by atoms with Gasteiger partial charge < -0.3 is 11.1 Å². The fraction of sp³-hybridized carbons (Fsp3) is 0.385. The Hall–Kier alpha value is -1.13. The van der Waals surface area contributed by atoms with E-state index in [9.17, 15) is 4.79 Å². The maximum absolute atomic E-state index is 12.1. The van der Waals surface area contributed by atoms with Crippen LogP contribution in [0.25, 0.3) is 0 Å². The first-order valence-electron chi connectivity index (χ1n) is 5.69. The Balaban J connectivity index is 2.91. The number of carbonyl (C=O) groups is 1. The van der Waals surface area contributed by atoms with Crippen LogP contribution in [-0.4, -0.2) is 16.9 Å². The van der Waals surface area contributed by atoms with Crippen molar-refractivity contribution in [3.05, 3.63) is 34.3 Å². The molecule has 1 atom stereocenters. The third-order valence-corrected chi connectivity index (χ3v) is 3.20. The molecule has 0 saturated carbocycles. The summed E-state index contributed by atoms with van der Waals surface area (Å²) in [6, 6.07) is 4.96. The van der Waals surface area contributed by atoms with Crippen LogP contribution in [0, 0.1) is 12.8 Å². The molecule has 0 heterocycles. The van der Waals surface area contributed by atoms with Crippen LogP contribution in [0.1, 0.15) is 29.8 Å². The predicted octanol–water partition coefficient (Wildman–Crippen LogP) is 2.69. The molecule has 0 bridgehead atoms. The maximum Gasteiger partial charge on any atom is 0.253 e. The average Bonchev–Trinajstić information content (AvgIpc) is 2.24. The maximum atomic E-state index is 12.1. The third-order valence-electron chi connectivity index (χ3n) is 2.63. The summed E-state index contributed by atoms with van der Waals surface area (Å²) in [5, 5.41) is 3.23. The van der Waals surface area contributed by atoms with Crippen molar-refractivity contribution in [1.82, 2.24) is 5.32 Å². The molecule has 0 aromatic heterocycles. The molecular formula is C13H17ClN2OS. The Morgan fingerprint density at radius 2 is 2.06 bits per heavy atom. The first-order chi connectivity index (χ1) is 8.32. The molecule has 5 heteroatoms. The Labute approximate surface area is 118 Å². The van der Waals surface area contributed by atoms with Crippen LogP contribution in [-0.2, 0) is 0 Å². The van der Waals surface area contributed by atoms with Gasteiger partial charge in [0.2, 0.25) is 0 Å². The molecule has 0 aliphatic carbocycles. The second kappa shape index (κ2) is 6.16. The summed E-state index contributed by atoms with van der Waals surface area (Å²) in [4.78, 5) is 12.4. The van der Waals surface area contributed by atoms with Gasteiger partial charge in [0.15, 0.2) is 0 Å². The Kier molecular flexibility index (Phi) is 5.11. The molecular weight excluding hydrogens is 268 g/mol. The van der Waals surface area contributed by atoms with Crippen molar-refractivity contribution in [2.75, 3.05) is 0 Å². The van der Waals surface area contributed by atoms with Crippen LogP contribution in [0.5, 0.6) is 0 Å². The number of thiocarbonyl (C=S) groups is 1. The van der Waals surface area contributed by atoms with Gasteiger partial charge in [-0.15, -0.1) is 0 Å². The lowest BCUT2D eigenvalue weighted by molar-refractivity contribution is 0.0940. The monoisotopic (exact) mass is 284 g/mol. The summed E-state index contributed by atoms with van der Waals surface area (Å²) >= 11 is 11.0. The molecule has 3 N–H and O–H groups in total. The second-order valence-electron chi connectivity index (χ2n) is 4.58. The van der Waals surface area contributed by atoms with Gasteiger partial charge in [0.05, 0.1) is 21.6 Å². The zero-order valence-electron chi connectivity index (χ0n) is 10.7. The van der Waals surface area contributed by atoms with Crippen molar-refractivity contribution in [2.24, 2.45) is 11.7 Å². The van der Waals surface area contributed by atoms with E-state index in [-0.39, 0.29) is 22.9 Å². The Morgan fingerprint density at radius 3 is 2.50 bits per heavy atom. The van der Waals surface area contributed by atoms with E-state index in [1.165, 1.54) is 0 Å². The SMILES string of the molecule is Cc1ccc(C(=O)NC(C(N)=S)C(C)C)c(Cl)c1. The largest absolute Gasteiger partial charge is 0.392 e. The lowest BCUT2D eigenvalue weighted by atomic mass is 10.0. The van der Waals surface area contributed by atoms with Crippen molar-refractivity contribution in [3.63, 3.8) is 0 Å². The number of hydrogen-bond acceptors (Lipinski definition) is 2. The summed E-state index contributed by atoms with van der Waals surface area (Å²) in [5.41, 5.74) is 7.05. The van der Waals surface area contributed by atoms with E-state index < -0.39 is 0 Å². The van der Waals surface area contributed by atoms with Crippen LogP contribution in [0.4, 0.5) is 0 Å². The fourth-order valence-corrected chi connectivity index (χ4v) is 2.24. The zero-order chi connectivity index (χ0) is 13.9. The molecule has 0 radical (unpaired) electrons. The number of carbonyl (C=O) groups excluding carboxylic acids is 1. The van der Waals surface area contributed by atoms with Gasteiger partial charge in [-0.25, -0.2) is 0 Å². The van der Waals surface area contributed by atoms with Crippen molar-refractivity contribution < 1.29 is 4.79 Å². The first-order valence-corrected chi connectivity index (χ1v) is 6.48. The van der Waals surface area contributed by atoms with Gasteiger partial charge in [-0.2, -0.15) is 0 Å². The van der Waals surface area contributed by atoms with Crippen LogP contribution >= 0.6 is 23.8 Å². The zero-order valence-corrected chi connectivity index (χ0v) is 12.2. The summed E-state index contributed by atoms with van der Waals surface area (Å²) in [7, 11) is 0. The minimum atomic E-state index is -0.329. The summed E-state index contributed by atoms with van der Waals surface area (Å²) < 4.78 is 0. The first kappa shape index (κ1) is 14.9. The number of amides is 1. The minimum Gasteiger partial charge on any atom is -0.392 e. The van der Waals surface area contributed by atoms with E-state index in [1.54, 1.807) is 12.1 Å². The van der Waals surface area contributed by atoms with Gasteiger partial charge in [-0.1, -0.05) is 43.7 Å². The van der Waals surface area contributed by atoms with E-state index >= 15 is 0 Å². The Morgan fingerprint density at radius 1 is 1.44 bits per heavy atom. The van der Waals surface area contributed by atoms with Crippen molar-refractivity contribution in [1.29, 1.82) is 0 Å². The highest BCUT2D eigenvalue weighted by molar-refractivity contribution is 7.80. The van der Waals surface area contributed by atoms with Gasteiger partial charge in [0.1, 0.15) is 0 Å². The average molecular weight is 285 g/mol. The minimum absolute atomic E-state index is 0.135. The van der Waals surface area contributed by atoms with Crippen LogP contribution in [0.3, 0.4) is 0 Å². The highest BCUT2D eigenvalue weighted by Crippen LogP contribution is 2.18. The summed E-state index contributed by atoms with van der Waals surface area (Å²) in [6.07, 6.45) is 0. The normalized spacial score (nSPS) is 12.3. The van der Waals surface area contributed by atoms with Gasteiger partial charge in [0.25, 0.3) is 5.91 Å². The van der Waals surface area contributed by atoms with Gasteiger partial charge >= 0.3 is 0 Å². The molecule has 98 valence electrons. The highest BCUT2D eigenvalue weighted by atomic mass is 35.5.